The third kappa shape index (κ3) is 2.34. The van der Waals surface area contributed by atoms with Gasteiger partial charge in [0.1, 0.15) is 11.3 Å². The van der Waals surface area contributed by atoms with Crippen LogP contribution in [0, 0.1) is 5.92 Å². The summed E-state index contributed by atoms with van der Waals surface area (Å²) in [5.74, 6) is -1.68. The third-order valence-corrected chi connectivity index (χ3v) is 2.14. The summed E-state index contributed by atoms with van der Waals surface area (Å²) in [5.41, 5.74) is -0.0511. The Balaban J connectivity index is 2.94. The molecular weight excluding hydrogens is 202 g/mol. The SMILES string of the molecule is COC(=O)C1=C(O)[C@@H](C(O)OC)CN=C1. The quantitative estimate of drug-likeness (QED) is 0.495. The van der Waals surface area contributed by atoms with Gasteiger partial charge in [0.25, 0.3) is 0 Å². The monoisotopic (exact) mass is 215 g/mol. The molecule has 6 heteroatoms. The molecule has 2 atom stereocenters. The summed E-state index contributed by atoms with van der Waals surface area (Å²) in [4.78, 5) is 15.0. The van der Waals surface area contributed by atoms with Gasteiger partial charge in [0.05, 0.1) is 19.6 Å². The Morgan fingerprint density at radius 1 is 1.67 bits per heavy atom. The molecule has 15 heavy (non-hydrogen) atoms. The van der Waals surface area contributed by atoms with E-state index >= 15 is 0 Å². The van der Waals surface area contributed by atoms with E-state index in [1.54, 1.807) is 0 Å². The first kappa shape index (κ1) is 11.7. The lowest BCUT2D eigenvalue weighted by molar-refractivity contribution is -0.136. The summed E-state index contributed by atoms with van der Waals surface area (Å²) in [6.07, 6.45) is 0.0298. The van der Waals surface area contributed by atoms with Gasteiger partial charge in [0, 0.05) is 13.3 Å². The summed E-state index contributed by atoms with van der Waals surface area (Å²) < 4.78 is 9.11. The first-order chi connectivity index (χ1) is 7.11. The molecule has 0 amide bonds. The van der Waals surface area contributed by atoms with Gasteiger partial charge >= 0.3 is 5.97 Å². The van der Waals surface area contributed by atoms with Crippen molar-refractivity contribution < 1.29 is 24.5 Å². The predicted molar refractivity (Wildman–Crippen MR) is 51.5 cm³/mol. The van der Waals surface area contributed by atoms with Crippen molar-refractivity contribution in [1.29, 1.82) is 0 Å². The van der Waals surface area contributed by atoms with Crippen LogP contribution in [0.1, 0.15) is 0 Å². The first-order valence-corrected chi connectivity index (χ1v) is 4.34. The van der Waals surface area contributed by atoms with Crippen LogP contribution in [-0.4, -0.2) is 49.5 Å². The van der Waals surface area contributed by atoms with Crippen molar-refractivity contribution >= 4 is 12.2 Å². The summed E-state index contributed by atoms with van der Waals surface area (Å²) in [7, 11) is 2.50. The second-order valence-corrected chi connectivity index (χ2v) is 3.02. The molecule has 0 aliphatic carbocycles. The highest BCUT2D eigenvalue weighted by atomic mass is 16.6. The third-order valence-electron chi connectivity index (χ3n) is 2.14. The maximum atomic E-state index is 11.2. The smallest absolute Gasteiger partial charge is 0.342 e. The molecule has 0 saturated carbocycles. The minimum absolute atomic E-state index is 0.0511. The normalized spacial score (nSPS) is 22.7. The van der Waals surface area contributed by atoms with Crippen molar-refractivity contribution in [1.82, 2.24) is 0 Å². The number of carbonyl (C=O) groups is 1. The van der Waals surface area contributed by atoms with Crippen LogP contribution in [0.5, 0.6) is 0 Å². The lowest BCUT2D eigenvalue weighted by Crippen LogP contribution is -2.31. The van der Waals surface area contributed by atoms with Gasteiger partial charge in [-0.05, 0) is 0 Å². The van der Waals surface area contributed by atoms with Crippen molar-refractivity contribution in [2.24, 2.45) is 10.9 Å². The molecule has 0 saturated heterocycles. The molecule has 0 bridgehead atoms. The standard InChI is InChI=1S/C9H13NO5/c1-14-8(12)5-3-10-4-6(7(5)11)9(13)15-2/h3,6,9,11,13H,4H2,1-2H3/t6-,9?/m0/s1. The van der Waals surface area contributed by atoms with E-state index < -0.39 is 18.2 Å². The van der Waals surface area contributed by atoms with Crippen molar-refractivity contribution in [2.75, 3.05) is 20.8 Å². The van der Waals surface area contributed by atoms with Crippen LogP contribution in [0.3, 0.4) is 0 Å². The molecule has 1 aliphatic heterocycles. The highest BCUT2D eigenvalue weighted by Gasteiger charge is 2.30. The van der Waals surface area contributed by atoms with Gasteiger partial charge in [0.2, 0.25) is 0 Å². The number of hydrogen-bond donors (Lipinski definition) is 2. The number of aliphatic hydroxyl groups excluding tert-OH is 2. The molecule has 2 N–H and O–H groups in total. The number of nitrogens with zero attached hydrogens (tertiary/aromatic N) is 1. The van der Waals surface area contributed by atoms with Gasteiger partial charge in [-0.3, -0.25) is 4.99 Å². The second kappa shape index (κ2) is 4.90. The number of aliphatic imine (C=N–C) groups is 1. The highest BCUT2D eigenvalue weighted by molar-refractivity contribution is 6.10. The average molecular weight is 215 g/mol. The van der Waals surface area contributed by atoms with E-state index in [0.717, 1.165) is 0 Å². The second-order valence-electron chi connectivity index (χ2n) is 3.02. The van der Waals surface area contributed by atoms with E-state index in [9.17, 15) is 15.0 Å². The molecule has 0 spiro atoms. The number of hydrogen-bond acceptors (Lipinski definition) is 6. The predicted octanol–water partition coefficient (Wildman–Crippen LogP) is -0.363. The molecule has 6 nitrogen and oxygen atoms in total. The maximum absolute atomic E-state index is 11.2. The minimum atomic E-state index is -1.19. The van der Waals surface area contributed by atoms with Crippen molar-refractivity contribution in [2.45, 2.75) is 6.29 Å². The van der Waals surface area contributed by atoms with Crippen molar-refractivity contribution in [3.63, 3.8) is 0 Å². The van der Waals surface area contributed by atoms with Crippen molar-refractivity contribution in [3.05, 3.63) is 11.3 Å². The Kier molecular flexibility index (Phi) is 3.81. The van der Waals surface area contributed by atoms with Crippen LogP contribution in [0.15, 0.2) is 16.3 Å². The fourth-order valence-electron chi connectivity index (χ4n) is 1.27. The molecule has 0 aromatic rings. The number of methoxy groups -OCH3 is 2. The van der Waals surface area contributed by atoms with Gasteiger partial charge in [-0.25, -0.2) is 4.79 Å². The Labute approximate surface area is 86.8 Å². The van der Waals surface area contributed by atoms with Gasteiger partial charge in [0.15, 0.2) is 6.29 Å². The van der Waals surface area contributed by atoms with Crippen LogP contribution in [0.25, 0.3) is 0 Å². The molecule has 1 unspecified atom stereocenters. The van der Waals surface area contributed by atoms with Crippen LogP contribution in [0.4, 0.5) is 0 Å². The Morgan fingerprint density at radius 3 is 2.87 bits per heavy atom. The Morgan fingerprint density at radius 2 is 2.33 bits per heavy atom. The first-order valence-electron chi connectivity index (χ1n) is 4.34. The summed E-state index contributed by atoms with van der Waals surface area (Å²) in [5, 5.41) is 19.1. The number of rotatable bonds is 3. The lowest BCUT2D eigenvalue weighted by Gasteiger charge is -2.22. The van der Waals surface area contributed by atoms with E-state index in [4.69, 9.17) is 0 Å². The van der Waals surface area contributed by atoms with E-state index in [-0.39, 0.29) is 17.9 Å². The Hall–Kier alpha value is -1.40. The fourth-order valence-corrected chi connectivity index (χ4v) is 1.27. The molecule has 0 aromatic heterocycles. The number of ether oxygens (including phenoxy) is 2. The average Bonchev–Trinajstić information content (AvgIpc) is 2.27. The number of esters is 1. The fraction of sp³-hybridized carbons (Fsp3) is 0.556. The molecule has 1 heterocycles. The molecule has 0 aromatic carbocycles. The number of dihydropyridines is 1. The topological polar surface area (TPSA) is 88.4 Å². The van der Waals surface area contributed by atoms with Gasteiger partial charge in [-0.15, -0.1) is 0 Å². The van der Waals surface area contributed by atoms with Crippen molar-refractivity contribution in [3.8, 4) is 0 Å². The lowest BCUT2D eigenvalue weighted by atomic mass is 10.00. The molecule has 0 fully saturated rings. The number of aliphatic hydroxyl groups is 2. The van der Waals surface area contributed by atoms with Crippen LogP contribution in [0.2, 0.25) is 0 Å². The zero-order chi connectivity index (χ0) is 11.4. The van der Waals surface area contributed by atoms with Crippen LogP contribution in [-0.2, 0) is 14.3 Å². The van der Waals surface area contributed by atoms with Gasteiger partial charge in [-0.1, -0.05) is 0 Å². The molecule has 84 valence electrons. The summed E-state index contributed by atoms with van der Waals surface area (Å²) in [6.45, 7) is 0.168. The van der Waals surface area contributed by atoms with Gasteiger partial charge < -0.3 is 19.7 Å². The largest absolute Gasteiger partial charge is 0.511 e. The number of carbonyl (C=O) groups excluding carboxylic acids is 1. The minimum Gasteiger partial charge on any atom is -0.511 e. The van der Waals surface area contributed by atoms with Crippen LogP contribution < -0.4 is 0 Å². The maximum Gasteiger partial charge on any atom is 0.342 e. The van der Waals surface area contributed by atoms with E-state index in [2.05, 4.69) is 14.5 Å². The molecule has 1 aliphatic rings. The van der Waals surface area contributed by atoms with Gasteiger partial charge in [-0.2, -0.15) is 0 Å². The summed E-state index contributed by atoms with van der Waals surface area (Å²) in [6, 6.07) is 0. The van der Waals surface area contributed by atoms with E-state index in [1.165, 1.54) is 20.4 Å². The zero-order valence-corrected chi connectivity index (χ0v) is 8.51. The zero-order valence-electron chi connectivity index (χ0n) is 8.51. The molecule has 0 radical (unpaired) electrons. The molecular formula is C9H13NO5. The van der Waals surface area contributed by atoms with E-state index in [1.807, 2.05) is 0 Å². The Bertz CT molecular complexity index is 310. The molecule has 1 rings (SSSR count). The highest BCUT2D eigenvalue weighted by Crippen LogP contribution is 2.21. The summed E-state index contributed by atoms with van der Waals surface area (Å²) >= 11 is 0. The van der Waals surface area contributed by atoms with Crippen LogP contribution >= 0.6 is 0 Å². The van der Waals surface area contributed by atoms with E-state index in [0.29, 0.717) is 0 Å².